The first-order valence-corrected chi connectivity index (χ1v) is 15.3. The van der Waals surface area contributed by atoms with Gasteiger partial charge in [0, 0.05) is 34.8 Å². The molecule has 196 valence electrons. The van der Waals surface area contributed by atoms with E-state index in [4.69, 9.17) is 4.42 Å². The quantitative estimate of drug-likeness (QED) is 0.246. The lowest BCUT2D eigenvalue weighted by molar-refractivity contribution is -0.133. The fraction of sp³-hybridized carbons (Fsp3) is 0.222. The van der Waals surface area contributed by atoms with Crippen molar-refractivity contribution in [2.45, 2.75) is 37.2 Å². The van der Waals surface area contributed by atoms with E-state index < -0.39 is 16.1 Å². The third-order valence-corrected chi connectivity index (χ3v) is 9.03. The van der Waals surface area contributed by atoms with Crippen molar-refractivity contribution >= 4 is 49.6 Å². The van der Waals surface area contributed by atoms with Crippen molar-refractivity contribution in [2.24, 2.45) is 0 Å². The van der Waals surface area contributed by atoms with E-state index in [1.807, 2.05) is 36.6 Å². The molecule has 0 aliphatic rings. The monoisotopic (exact) mass is 566 g/mol. The van der Waals surface area contributed by atoms with Crippen molar-refractivity contribution in [3.63, 3.8) is 0 Å². The van der Waals surface area contributed by atoms with Gasteiger partial charge in [0.15, 0.2) is 0 Å². The molecule has 1 amide bonds. The number of aryl methyl sites for hydroxylation is 1. The maximum absolute atomic E-state index is 14.0. The Morgan fingerprint density at radius 2 is 1.97 bits per heavy atom. The lowest BCUT2D eigenvalue weighted by Gasteiger charge is -2.27. The first kappa shape index (κ1) is 26.2. The summed E-state index contributed by atoms with van der Waals surface area (Å²) >= 11 is 2.86. The van der Waals surface area contributed by atoms with E-state index in [1.54, 1.807) is 34.3 Å². The summed E-state index contributed by atoms with van der Waals surface area (Å²) in [5.41, 5.74) is 6.90. The number of aromatic nitrogens is 2. The van der Waals surface area contributed by atoms with Crippen molar-refractivity contribution in [3.05, 3.63) is 99.1 Å². The number of sulfonamides is 1. The Morgan fingerprint density at radius 1 is 1.13 bits per heavy atom. The van der Waals surface area contributed by atoms with E-state index in [1.165, 1.54) is 41.1 Å². The van der Waals surface area contributed by atoms with E-state index in [0.29, 0.717) is 36.2 Å². The third kappa shape index (κ3) is 6.36. The number of carbonyl (C=O) groups excluding carboxylic acids is 1. The summed E-state index contributed by atoms with van der Waals surface area (Å²) in [5, 5.41) is 2.49. The zero-order valence-electron chi connectivity index (χ0n) is 20.6. The third-order valence-electron chi connectivity index (χ3n) is 6.16. The molecule has 0 radical (unpaired) electrons. The van der Waals surface area contributed by atoms with Crippen molar-refractivity contribution in [2.75, 3.05) is 6.54 Å². The number of hydrogen-bond acceptors (Lipinski definition) is 8. The highest BCUT2D eigenvalue weighted by Crippen LogP contribution is 2.21. The highest BCUT2D eigenvalue weighted by Gasteiger charge is 2.30. The Bertz CT molecular complexity index is 1600. The Hall–Kier alpha value is -3.38. The number of amides is 1. The van der Waals surface area contributed by atoms with Gasteiger partial charge in [-0.3, -0.25) is 9.78 Å². The molecule has 0 aliphatic heterocycles. The summed E-state index contributed by atoms with van der Waals surface area (Å²) < 4.78 is 34.9. The van der Waals surface area contributed by atoms with Crippen molar-refractivity contribution < 1.29 is 17.6 Å². The minimum atomic E-state index is -4.02. The van der Waals surface area contributed by atoms with Gasteiger partial charge in [-0.1, -0.05) is 29.8 Å². The molecule has 0 aliphatic carbocycles. The summed E-state index contributed by atoms with van der Waals surface area (Å²) in [4.78, 5) is 25.1. The van der Waals surface area contributed by atoms with Crippen LogP contribution in [-0.4, -0.2) is 41.8 Å². The van der Waals surface area contributed by atoms with Crippen LogP contribution in [0.5, 0.6) is 0 Å². The maximum atomic E-state index is 14.0. The molecule has 5 rings (SSSR count). The van der Waals surface area contributed by atoms with Crippen LogP contribution in [0.4, 0.5) is 0 Å². The van der Waals surface area contributed by atoms with Crippen LogP contribution in [0, 0.1) is 6.92 Å². The van der Waals surface area contributed by atoms with Crippen LogP contribution in [0.3, 0.4) is 0 Å². The Balaban J connectivity index is 1.42. The van der Waals surface area contributed by atoms with Crippen LogP contribution in [0.25, 0.3) is 11.0 Å². The van der Waals surface area contributed by atoms with Crippen LogP contribution in [0.1, 0.15) is 21.7 Å². The Morgan fingerprint density at radius 3 is 2.71 bits per heavy atom. The molecule has 1 atom stereocenters. The summed E-state index contributed by atoms with van der Waals surface area (Å²) in [6.45, 7) is 2.80. The second kappa shape index (κ2) is 11.6. The molecule has 5 aromatic rings. The fourth-order valence-corrected chi connectivity index (χ4v) is 6.51. The van der Waals surface area contributed by atoms with Crippen molar-refractivity contribution in [3.8, 4) is 0 Å². The highest BCUT2D eigenvalue weighted by atomic mass is 32.2. The van der Waals surface area contributed by atoms with Crippen molar-refractivity contribution in [1.29, 1.82) is 0 Å². The molecule has 2 aromatic carbocycles. The lowest BCUT2D eigenvalue weighted by atomic mass is 10.1. The average Bonchev–Trinajstić information content (AvgIpc) is 3.69. The first-order valence-electron chi connectivity index (χ1n) is 12.0. The second-order valence-electron chi connectivity index (χ2n) is 8.94. The van der Waals surface area contributed by atoms with E-state index in [2.05, 4.69) is 14.7 Å². The molecule has 8 nitrogen and oxygen atoms in total. The van der Waals surface area contributed by atoms with Gasteiger partial charge in [0.25, 0.3) is 0 Å². The number of hydrogen-bond donors (Lipinski definition) is 1. The summed E-state index contributed by atoms with van der Waals surface area (Å²) in [6, 6.07) is 13.5. The van der Waals surface area contributed by atoms with Gasteiger partial charge in [0.05, 0.1) is 34.4 Å². The second-order valence-corrected chi connectivity index (χ2v) is 12.3. The van der Waals surface area contributed by atoms with Crippen LogP contribution in [0.2, 0.25) is 0 Å². The number of benzene rings is 2. The zero-order chi connectivity index (χ0) is 26.5. The molecular weight excluding hydrogens is 541 g/mol. The van der Waals surface area contributed by atoms with E-state index in [-0.39, 0.29) is 17.2 Å². The number of nitrogens with one attached hydrogen (secondary N) is 1. The summed E-state index contributed by atoms with van der Waals surface area (Å²) in [6.07, 6.45) is 4.02. The Kier molecular flexibility index (Phi) is 7.98. The first-order chi connectivity index (χ1) is 18.4. The Labute approximate surface area is 229 Å². The molecule has 0 spiro atoms. The van der Waals surface area contributed by atoms with Gasteiger partial charge >= 0.3 is 0 Å². The van der Waals surface area contributed by atoms with Gasteiger partial charge in [-0.05, 0) is 43.2 Å². The lowest BCUT2D eigenvalue weighted by Crippen LogP contribution is -2.50. The predicted molar refractivity (Wildman–Crippen MR) is 149 cm³/mol. The van der Waals surface area contributed by atoms with Gasteiger partial charge in [0.2, 0.25) is 15.9 Å². The molecule has 3 aromatic heterocycles. The molecule has 0 unspecified atom stereocenters. The fourth-order valence-electron chi connectivity index (χ4n) is 4.11. The van der Waals surface area contributed by atoms with Crippen molar-refractivity contribution in [1.82, 2.24) is 19.6 Å². The van der Waals surface area contributed by atoms with Gasteiger partial charge in [-0.25, -0.2) is 13.4 Å². The minimum Gasteiger partial charge on any atom is -0.464 e. The molecule has 0 bridgehead atoms. The highest BCUT2D eigenvalue weighted by molar-refractivity contribution is 7.89. The molecule has 38 heavy (non-hydrogen) atoms. The topological polar surface area (TPSA) is 105 Å². The summed E-state index contributed by atoms with van der Waals surface area (Å²) in [5.74, 6) is -0.313. The van der Waals surface area contributed by atoms with Crippen LogP contribution >= 0.6 is 22.7 Å². The number of carbonyl (C=O) groups is 1. The zero-order valence-corrected chi connectivity index (χ0v) is 23.1. The molecule has 1 N–H and O–H groups in total. The minimum absolute atomic E-state index is 0.0659. The number of nitrogens with zero attached hydrogens (tertiary/aromatic N) is 3. The van der Waals surface area contributed by atoms with Crippen LogP contribution in [-0.2, 0) is 34.2 Å². The average molecular weight is 567 g/mol. The SMILES string of the molecule is Cc1ccc(CCN(Cc2cncs2)C(=O)[C@H](Cc2cscn2)NS(=O)(=O)c2ccc3occc3c2)cc1. The van der Waals surface area contributed by atoms with Gasteiger partial charge < -0.3 is 9.32 Å². The molecule has 3 heterocycles. The van der Waals surface area contributed by atoms with Gasteiger partial charge in [-0.15, -0.1) is 22.7 Å². The number of furan rings is 1. The number of thiazole rings is 2. The summed E-state index contributed by atoms with van der Waals surface area (Å²) in [7, 11) is -4.02. The molecular formula is C27H26N4O4S3. The molecule has 0 saturated carbocycles. The van der Waals surface area contributed by atoms with Crippen LogP contribution < -0.4 is 4.72 Å². The van der Waals surface area contributed by atoms with Crippen LogP contribution in [0.15, 0.2) is 86.7 Å². The maximum Gasteiger partial charge on any atom is 0.241 e. The predicted octanol–water partition coefficient (Wildman–Crippen LogP) is 4.82. The van der Waals surface area contributed by atoms with E-state index >= 15 is 0 Å². The number of rotatable bonds is 11. The normalized spacial score (nSPS) is 12.6. The standard InChI is InChI=1S/C27H26N4O4S3/c1-19-2-4-20(5-3-19)8-10-31(15-23-14-28-17-37-23)27(32)25(13-22-16-36-18-29-22)30-38(33,34)24-6-7-26-21(12-24)9-11-35-26/h2-7,9,11-12,14,16-18,25,30H,8,10,13,15H2,1H3/t25-/m0/s1. The molecule has 11 heteroatoms. The van der Waals surface area contributed by atoms with E-state index in [0.717, 1.165) is 16.0 Å². The smallest absolute Gasteiger partial charge is 0.241 e. The molecule has 0 saturated heterocycles. The van der Waals surface area contributed by atoms with Gasteiger partial charge in [-0.2, -0.15) is 4.72 Å². The number of fused-ring (bicyclic) bond motifs is 1. The molecule has 0 fully saturated rings. The van der Waals surface area contributed by atoms with Gasteiger partial charge in [0.1, 0.15) is 11.6 Å². The van der Waals surface area contributed by atoms with E-state index in [9.17, 15) is 13.2 Å². The largest absolute Gasteiger partial charge is 0.464 e.